The molecule has 0 spiro atoms. The Labute approximate surface area is 108 Å². The van der Waals surface area contributed by atoms with E-state index in [2.05, 4.69) is 0 Å². The SMILES string of the molecule is CCOc1ccccc1C(NCC(F)(F)F)C(=O)O. The predicted octanol–water partition coefficient (Wildman–Crippen LogP) is 2.36. The summed E-state index contributed by atoms with van der Waals surface area (Å²) in [4.78, 5) is 11.1. The number of para-hydroxylation sites is 1. The van der Waals surface area contributed by atoms with E-state index in [9.17, 15) is 18.0 Å². The first-order valence-electron chi connectivity index (χ1n) is 5.60. The summed E-state index contributed by atoms with van der Waals surface area (Å²) in [5.74, 6) is -1.14. The lowest BCUT2D eigenvalue weighted by Crippen LogP contribution is -2.36. The van der Waals surface area contributed by atoms with Gasteiger partial charge in [0.1, 0.15) is 11.8 Å². The summed E-state index contributed by atoms with van der Waals surface area (Å²) in [5.41, 5.74) is 0.168. The van der Waals surface area contributed by atoms with Gasteiger partial charge >= 0.3 is 12.1 Å². The average molecular weight is 277 g/mol. The van der Waals surface area contributed by atoms with Gasteiger partial charge < -0.3 is 9.84 Å². The standard InChI is InChI=1S/C12H14F3NO3/c1-2-19-9-6-4-3-5-8(9)10(11(17)18)16-7-12(13,14)15/h3-6,10,16H,2,7H2,1H3,(H,17,18). The number of rotatable bonds is 6. The van der Waals surface area contributed by atoms with Crippen molar-refractivity contribution in [3.05, 3.63) is 29.8 Å². The van der Waals surface area contributed by atoms with E-state index in [1.165, 1.54) is 12.1 Å². The molecule has 0 fully saturated rings. The van der Waals surface area contributed by atoms with Crippen LogP contribution in [0.3, 0.4) is 0 Å². The van der Waals surface area contributed by atoms with Crippen LogP contribution in [0.4, 0.5) is 13.2 Å². The number of hydrogen-bond acceptors (Lipinski definition) is 3. The molecule has 0 aliphatic carbocycles. The number of benzene rings is 1. The maximum Gasteiger partial charge on any atom is 0.401 e. The van der Waals surface area contributed by atoms with Gasteiger partial charge in [0.05, 0.1) is 13.2 Å². The second-order valence-electron chi connectivity index (χ2n) is 3.74. The molecule has 1 unspecified atom stereocenters. The molecule has 0 radical (unpaired) electrons. The van der Waals surface area contributed by atoms with Gasteiger partial charge in [-0.05, 0) is 13.0 Å². The first-order chi connectivity index (χ1) is 8.85. The molecule has 0 heterocycles. The van der Waals surface area contributed by atoms with Gasteiger partial charge in [-0.15, -0.1) is 0 Å². The molecule has 0 amide bonds. The van der Waals surface area contributed by atoms with Crippen molar-refractivity contribution < 1.29 is 27.8 Å². The first kappa shape index (κ1) is 15.3. The van der Waals surface area contributed by atoms with E-state index in [-0.39, 0.29) is 11.3 Å². The lowest BCUT2D eigenvalue weighted by Gasteiger charge is -2.19. The van der Waals surface area contributed by atoms with Gasteiger partial charge in [-0.1, -0.05) is 18.2 Å². The Hall–Kier alpha value is -1.76. The van der Waals surface area contributed by atoms with E-state index in [1.54, 1.807) is 19.1 Å². The zero-order valence-corrected chi connectivity index (χ0v) is 10.2. The summed E-state index contributed by atoms with van der Waals surface area (Å²) < 4.78 is 41.7. The van der Waals surface area contributed by atoms with Crippen LogP contribution in [0.15, 0.2) is 24.3 Å². The zero-order valence-electron chi connectivity index (χ0n) is 10.2. The van der Waals surface area contributed by atoms with Crippen molar-refractivity contribution in [1.29, 1.82) is 0 Å². The molecule has 0 aliphatic heterocycles. The quantitative estimate of drug-likeness (QED) is 0.838. The van der Waals surface area contributed by atoms with E-state index in [0.717, 1.165) is 0 Å². The summed E-state index contributed by atoms with van der Waals surface area (Å²) in [5, 5.41) is 11.0. The van der Waals surface area contributed by atoms with Crippen molar-refractivity contribution in [2.45, 2.75) is 19.1 Å². The smallest absolute Gasteiger partial charge is 0.401 e. The van der Waals surface area contributed by atoms with E-state index in [4.69, 9.17) is 9.84 Å². The number of alkyl halides is 3. The monoisotopic (exact) mass is 277 g/mol. The lowest BCUT2D eigenvalue weighted by atomic mass is 10.1. The second kappa shape index (κ2) is 6.42. The highest BCUT2D eigenvalue weighted by Crippen LogP contribution is 2.26. The third-order valence-corrected chi connectivity index (χ3v) is 2.28. The normalized spacial score (nSPS) is 13.1. The minimum atomic E-state index is -4.48. The Morgan fingerprint density at radius 1 is 1.42 bits per heavy atom. The number of aliphatic carboxylic acids is 1. The number of carboxylic acids is 1. The number of ether oxygens (including phenoxy) is 1. The van der Waals surface area contributed by atoms with Crippen LogP contribution < -0.4 is 10.1 Å². The highest BCUT2D eigenvalue weighted by Gasteiger charge is 2.31. The van der Waals surface area contributed by atoms with Crippen molar-refractivity contribution in [2.24, 2.45) is 0 Å². The third kappa shape index (κ3) is 4.78. The Morgan fingerprint density at radius 2 is 2.05 bits per heavy atom. The summed E-state index contributed by atoms with van der Waals surface area (Å²) in [6.45, 7) is 0.614. The molecule has 1 atom stereocenters. The van der Waals surface area contributed by atoms with E-state index in [1.807, 2.05) is 5.32 Å². The molecule has 0 aliphatic rings. The van der Waals surface area contributed by atoms with E-state index < -0.39 is 24.7 Å². The molecule has 106 valence electrons. The van der Waals surface area contributed by atoms with Gasteiger partial charge in [-0.2, -0.15) is 13.2 Å². The minimum absolute atomic E-state index is 0.168. The van der Waals surface area contributed by atoms with Crippen LogP contribution in [-0.4, -0.2) is 30.4 Å². The second-order valence-corrected chi connectivity index (χ2v) is 3.74. The van der Waals surface area contributed by atoms with Crippen LogP contribution in [0, 0.1) is 0 Å². The van der Waals surface area contributed by atoms with Crippen molar-refractivity contribution in [1.82, 2.24) is 5.32 Å². The van der Waals surface area contributed by atoms with Gasteiger partial charge in [0.2, 0.25) is 0 Å². The molecule has 0 saturated carbocycles. The zero-order chi connectivity index (χ0) is 14.5. The van der Waals surface area contributed by atoms with Crippen LogP contribution >= 0.6 is 0 Å². The molecule has 1 aromatic carbocycles. The summed E-state index contributed by atoms with van der Waals surface area (Å²) in [7, 11) is 0. The molecule has 0 aromatic heterocycles. The maximum absolute atomic E-state index is 12.2. The molecule has 2 N–H and O–H groups in total. The fraction of sp³-hybridized carbons (Fsp3) is 0.417. The van der Waals surface area contributed by atoms with Gasteiger partial charge in [0.25, 0.3) is 0 Å². The van der Waals surface area contributed by atoms with Crippen molar-refractivity contribution in [3.63, 3.8) is 0 Å². The molecule has 1 aromatic rings. The Bertz CT molecular complexity index is 434. The fourth-order valence-electron chi connectivity index (χ4n) is 1.55. The van der Waals surface area contributed by atoms with Crippen LogP contribution in [0.25, 0.3) is 0 Å². The van der Waals surface area contributed by atoms with Gasteiger partial charge in [-0.25, -0.2) is 0 Å². The van der Waals surface area contributed by atoms with Gasteiger partial charge in [-0.3, -0.25) is 10.1 Å². The predicted molar refractivity (Wildman–Crippen MR) is 62.0 cm³/mol. The van der Waals surface area contributed by atoms with Crippen LogP contribution in [0.2, 0.25) is 0 Å². The highest BCUT2D eigenvalue weighted by atomic mass is 19.4. The molecule has 4 nitrogen and oxygen atoms in total. The number of nitrogens with one attached hydrogen (secondary N) is 1. The first-order valence-corrected chi connectivity index (χ1v) is 5.60. The number of hydrogen-bond donors (Lipinski definition) is 2. The Kier molecular flexibility index (Phi) is 5.17. The minimum Gasteiger partial charge on any atom is -0.494 e. The Morgan fingerprint density at radius 3 is 2.58 bits per heavy atom. The number of carbonyl (C=O) groups is 1. The van der Waals surface area contributed by atoms with Crippen LogP contribution in [-0.2, 0) is 4.79 Å². The van der Waals surface area contributed by atoms with Gasteiger partial charge in [0, 0.05) is 5.56 Å². The topological polar surface area (TPSA) is 58.6 Å². The number of carboxylic acid groups (broad SMARTS) is 1. The van der Waals surface area contributed by atoms with Crippen LogP contribution in [0.5, 0.6) is 5.75 Å². The summed E-state index contributed by atoms with van der Waals surface area (Å²) in [6, 6.07) is 4.64. The highest BCUT2D eigenvalue weighted by molar-refractivity contribution is 5.76. The third-order valence-electron chi connectivity index (χ3n) is 2.28. The molecule has 0 saturated heterocycles. The van der Waals surface area contributed by atoms with Crippen molar-refractivity contribution >= 4 is 5.97 Å². The summed E-state index contributed by atoms with van der Waals surface area (Å²) in [6.07, 6.45) is -4.48. The van der Waals surface area contributed by atoms with Crippen LogP contribution in [0.1, 0.15) is 18.5 Å². The Balaban J connectivity index is 2.96. The van der Waals surface area contributed by atoms with E-state index in [0.29, 0.717) is 6.61 Å². The number of halogens is 3. The average Bonchev–Trinajstić information content (AvgIpc) is 2.30. The van der Waals surface area contributed by atoms with Crippen molar-refractivity contribution in [2.75, 3.05) is 13.2 Å². The molecular formula is C12H14F3NO3. The van der Waals surface area contributed by atoms with E-state index >= 15 is 0 Å². The molecule has 19 heavy (non-hydrogen) atoms. The molecule has 7 heteroatoms. The van der Waals surface area contributed by atoms with Gasteiger partial charge in [0.15, 0.2) is 0 Å². The van der Waals surface area contributed by atoms with Crippen molar-refractivity contribution in [3.8, 4) is 5.75 Å². The fourth-order valence-corrected chi connectivity index (χ4v) is 1.55. The molecule has 1 rings (SSSR count). The lowest BCUT2D eigenvalue weighted by molar-refractivity contribution is -0.143. The molecular weight excluding hydrogens is 263 g/mol. The largest absolute Gasteiger partial charge is 0.494 e. The molecule has 0 bridgehead atoms. The maximum atomic E-state index is 12.2. The summed E-state index contributed by atoms with van der Waals surface area (Å²) >= 11 is 0.